The second kappa shape index (κ2) is 6.13. The number of aromatic nitrogens is 1. The van der Waals surface area contributed by atoms with E-state index in [2.05, 4.69) is 4.98 Å². The van der Waals surface area contributed by atoms with Crippen LogP contribution in [0.4, 0.5) is 0 Å². The van der Waals surface area contributed by atoms with E-state index in [1.54, 1.807) is 19.4 Å². The van der Waals surface area contributed by atoms with Crippen LogP contribution in [0.2, 0.25) is 5.02 Å². The zero-order valence-corrected chi connectivity index (χ0v) is 12.1. The number of methoxy groups -OCH3 is 1. The molecule has 0 bridgehead atoms. The zero-order valence-electron chi connectivity index (χ0n) is 10.6. The lowest BCUT2D eigenvalue weighted by molar-refractivity contribution is 0.374. The van der Waals surface area contributed by atoms with Crippen LogP contribution in [0.5, 0.6) is 17.4 Å². The molecule has 19 heavy (non-hydrogen) atoms. The van der Waals surface area contributed by atoms with Gasteiger partial charge in [-0.2, -0.15) is 0 Å². The van der Waals surface area contributed by atoms with E-state index in [1.165, 1.54) is 0 Å². The minimum absolute atomic E-state index is 0.331. The minimum atomic E-state index is 0.331. The zero-order chi connectivity index (χ0) is 13.8. The average Bonchev–Trinajstić information content (AvgIpc) is 2.42. The van der Waals surface area contributed by atoms with Crippen molar-refractivity contribution in [3.05, 3.63) is 46.6 Å². The third kappa shape index (κ3) is 3.31. The summed E-state index contributed by atoms with van der Waals surface area (Å²) in [6.45, 7) is 1.98. The van der Waals surface area contributed by atoms with Crippen LogP contribution in [0.3, 0.4) is 0 Å². The molecular weight excluding hydrogens is 285 g/mol. The first-order valence-electron chi connectivity index (χ1n) is 5.67. The van der Waals surface area contributed by atoms with Gasteiger partial charge in [0.1, 0.15) is 5.02 Å². The molecule has 0 fully saturated rings. The number of ether oxygens (including phenoxy) is 2. The SMILES string of the molecule is COc1cc(C)ccc1Oc1ncc(CCl)cc1Cl. The molecule has 0 atom stereocenters. The average molecular weight is 298 g/mol. The summed E-state index contributed by atoms with van der Waals surface area (Å²) in [5.41, 5.74) is 1.93. The Bertz CT molecular complexity index is 588. The molecule has 2 aromatic rings. The summed E-state index contributed by atoms with van der Waals surface area (Å²) in [4.78, 5) is 4.15. The van der Waals surface area contributed by atoms with Gasteiger partial charge in [-0.1, -0.05) is 17.7 Å². The third-order valence-corrected chi connectivity index (χ3v) is 3.12. The molecule has 2 rings (SSSR count). The van der Waals surface area contributed by atoms with Crippen LogP contribution in [-0.2, 0) is 5.88 Å². The van der Waals surface area contributed by atoms with Gasteiger partial charge < -0.3 is 9.47 Å². The van der Waals surface area contributed by atoms with Crippen LogP contribution in [0.25, 0.3) is 0 Å². The molecule has 0 radical (unpaired) electrons. The highest BCUT2D eigenvalue weighted by Crippen LogP contribution is 2.34. The van der Waals surface area contributed by atoms with Crippen molar-refractivity contribution in [1.82, 2.24) is 4.98 Å². The predicted molar refractivity (Wildman–Crippen MR) is 76.6 cm³/mol. The van der Waals surface area contributed by atoms with Gasteiger partial charge in [-0.15, -0.1) is 11.6 Å². The van der Waals surface area contributed by atoms with Crippen molar-refractivity contribution in [2.75, 3.05) is 7.11 Å². The quantitative estimate of drug-likeness (QED) is 0.774. The van der Waals surface area contributed by atoms with E-state index in [4.69, 9.17) is 32.7 Å². The number of hydrogen-bond donors (Lipinski definition) is 0. The molecule has 0 unspecified atom stereocenters. The molecule has 0 N–H and O–H groups in total. The summed E-state index contributed by atoms with van der Waals surface area (Å²) in [6, 6.07) is 7.37. The Labute approximate surface area is 122 Å². The minimum Gasteiger partial charge on any atom is -0.493 e. The largest absolute Gasteiger partial charge is 0.493 e. The fourth-order valence-electron chi connectivity index (χ4n) is 1.58. The van der Waals surface area contributed by atoms with Gasteiger partial charge in [0, 0.05) is 12.1 Å². The van der Waals surface area contributed by atoms with E-state index in [1.807, 2.05) is 25.1 Å². The molecule has 5 heteroatoms. The van der Waals surface area contributed by atoms with E-state index in [9.17, 15) is 0 Å². The lowest BCUT2D eigenvalue weighted by Gasteiger charge is -2.11. The summed E-state index contributed by atoms with van der Waals surface area (Å²) >= 11 is 11.8. The highest BCUT2D eigenvalue weighted by atomic mass is 35.5. The number of rotatable bonds is 4. The molecule has 0 aliphatic heterocycles. The van der Waals surface area contributed by atoms with E-state index >= 15 is 0 Å². The number of benzene rings is 1. The van der Waals surface area contributed by atoms with Gasteiger partial charge in [0.25, 0.3) is 0 Å². The van der Waals surface area contributed by atoms with Gasteiger partial charge in [-0.3, -0.25) is 0 Å². The van der Waals surface area contributed by atoms with Gasteiger partial charge in [-0.25, -0.2) is 4.98 Å². The van der Waals surface area contributed by atoms with Crippen LogP contribution in [0.1, 0.15) is 11.1 Å². The van der Waals surface area contributed by atoms with Crippen molar-refractivity contribution < 1.29 is 9.47 Å². The van der Waals surface area contributed by atoms with Gasteiger partial charge in [-0.05, 0) is 36.2 Å². The van der Waals surface area contributed by atoms with Crippen molar-refractivity contribution in [2.24, 2.45) is 0 Å². The maximum Gasteiger partial charge on any atom is 0.238 e. The van der Waals surface area contributed by atoms with E-state index in [0.717, 1.165) is 11.1 Å². The Morgan fingerprint density at radius 3 is 2.63 bits per heavy atom. The first-order chi connectivity index (χ1) is 9.13. The van der Waals surface area contributed by atoms with Crippen LogP contribution in [0, 0.1) is 6.92 Å². The fraction of sp³-hybridized carbons (Fsp3) is 0.214. The molecule has 0 amide bonds. The Morgan fingerprint density at radius 1 is 1.21 bits per heavy atom. The summed E-state index contributed by atoms with van der Waals surface area (Å²) in [5, 5.41) is 0.417. The van der Waals surface area contributed by atoms with E-state index in [0.29, 0.717) is 28.3 Å². The monoisotopic (exact) mass is 297 g/mol. The fourth-order valence-corrected chi connectivity index (χ4v) is 1.95. The molecule has 0 aliphatic rings. The Kier molecular flexibility index (Phi) is 4.51. The number of alkyl halides is 1. The maximum atomic E-state index is 6.10. The van der Waals surface area contributed by atoms with Crippen molar-refractivity contribution in [2.45, 2.75) is 12.8 Å². The first kappa shape index (κ1) is 14.0. The molecule has 0 aliphatic carbocycles. The molecular formula is C14H13Cl2NO2. The van der Waals surface area contributed by atoms with E-state index < -0.39 is 0 Å². The van der Waals surface area contributed by atoms with Crippen molar-refractivity contribution in [3.8, 4) is 17.4 Å². The lowest BCUT2D eigenvalue weighted by Crippen LogP contribution is -1.94. The van der Waals surface area contributed by atoms with Crippen molar-refractivity contribution in [1.29, 1.82) is 0 Å². The van der Waals surface area contributed by atoms with Crippen molar-refractivity contribution >= 4 is 23.2 Å². The van der Waals surface area contributed by atoms with Crippen LogP contribution in [-0.4, -0.2) is 12.1 Å². The number of aryl methyl sites for hydroxylation is 1. The predicted octanol–water partition coefficient (Wildman–Crippen LogP) is 4.58. The standard InChI is InChI=1S/C14H13Cl2NO2/c1-9-3-4-12(13(5-9)18-2)19-14-11(16)6-10(7-15)8-17-14/h3-6,8H,7H2,1-2H3. The third-order valence-electron chi connectivity index (χ3n) is 2.54. The Balaban J connectivity index is 2.31. The smallest absolute Gasteiger partial charge is 0.238 e. The Hall–Kier alpha value is -1.45. The molecule has 1 aromatic heterocycles. The number of nitrogens with zero attached hydrogens (tertiary/aromatic N) is 1. The summed E-state index contributed by atoms with van der Waals surface area (Å²) in [6.07, 6.45) is 1.63. The highest BCUT2D eigenvalue weighted by molar-refractivity contribution is 6.32. The summed E-state index contributed by atoms with van der Waals surface area (Å²) in [5.74, 6) is 1.90. The van der Waals surface area contributed by atoms with Crippen LogP contribution >= 0.6 is 23.2 Å². The molecule has 1 aromatic carbocycles. The molecule has 0 saturated carbocycles. The van der Waals surface area contributed by atoms with E-state index in [-0.39, 0.29) is 0 Å². The molecule has 100 valence electrons. The summed E-state index contributed by atoms with van der Waals surface area (Å²) in [7, 11) is 1.59. The second-order valence-electron chi connectivity index (χ2n) is 4.02. The molecule has 0 saturated heterocycles. The van der Waals surface area contributed by atoms with Crippen LogP contribution in [0.15, 0.2) is 30.5 Å². The van der Waals surface area contributed by atoms with Gasteiger partial charge in [0.05, 0.1) is 7.11 Å². The molecule has 3 nitrogen and oxygen atoms in total. The lowest BCUT2D eigenvalue weighted by atomic mass is 10.2. The normalized spacial score (nSPS) is 10.3. The van der Waals surface area contributed by atoms with Crippen molar-refractivity contribution in [3.63, 3.8) is 0 Å². The van der Waals surface area contributed by atoms with Gasteiger partial charge >= 0.3 is 0 Å². The van der Waals surface area contributed by atoms with Gasteiger partial charge in [0.15, 0.2) is 11.5 Å². The number of pyridine rings is 1. The Morgan fingerprint density at radius 2 is 2.00 bits per heavy atom. The van der Waals surface area contributed by atoms with Crippen LogP contribution < -0.4 is 9.47 Å². The molecule has 0 spiro atoms. The number of halogens is 2. The highest BCUT2D eigenvalue weighted by Gasteiger charge is 2.10. The number of hydrogen-bond acceptors (Lipinski definition) is 3. The first-order valence-corrected chi connectivity index (χ1v) is 6.58. The maximum absolute atomic E-state index is 6.10. The second-order valence-corrected chi connectivity index (χ2v) is 4.70. The summed E-state index contributed by atoms with van der Waals surface area (Å²) < 4.78 is 10.9. The topological polar surface area (TPSA) is 31.4 Å². The van der Waals surface area contributed by atoms with Gasteiger partial charge in [0.2, 0.25) is 5.88 Å². The molecule has 1 heterocycles.